The van der Waals surface area contributed by atoms with Gasteiger partial charge >= 0.3 is 0 Å². The first-order chi connectivity index (χ1) is 8.81. The van der Waals surface area contributed by atoms with E-state index in [9.17, 15) is 0 Å². The summed E-state index contributed by atoms with van der Waals surface area (Å²) in [6.07, 6.45) is 4.06. The van der Waals surface area contributed by atoms with Crippen LogP contribution in [0.15, 0.2) is 24.4 Å². The van der Waals surface area contributed by atoms with Crippen molar-refractivity contribution in [3.8, 4) is 17.0 Å². The molecule has 1 aliphatic rings. The second-order valence-electron chi connectivity index (χ2n) is 4.51. The van der Waals surface area contributed by atoms with Crippen molar-refractivity contribution in [2.45, 2.75) is 19.4 Å². The van der Waals surface area contributed by atoms with Crippen molar-refractivity contribution in [1.29, 1.82) is 0 Å². The van der Waals surface area contributed by atoms with Gasteiger partial charge in [0.15, 0.2) is 0 Å². The molecule has 0 spiro atoms. The van der Waals surface area contributed by atoms with Gasteiger partial charge in [-0.25, -0.2) is 0 Å². The van der Waals surface area contributed by atoms with Gasteiger partial charge in [0.25, 0.3) is 0 Å². The molecule has 1 aliphatic carbocycles. The molecule has 18 heavy (non-hydrogen) atoms. The molecule has 0 unspecified atom stereocenters. The molecular weight excluding hydrogens is 228 g/mol. The van der Waals surface area contributed by atoms with E-state index >= 15 is 0 Å². The highest BCUT2D eigenvalue weighted by atomic mass is 16.5. The van der Waals surface area contributed by atoms with E-state index < -0.39 is 0 Å². The second-order valence-corrected chi connectivity index (χ2v) is 4.51. The number of rotatable bonds is 3. The molecule has 1 aromatic carbocycles. The lowest BCUT2D eigenvalue weighted by Gasteiger charge is -2.15. The Kier molecular flexibility index (Phi) is 2.80. The Bertz CT molecular complexity index is 575. The van der Waals surface area contributed by atoms with E-state index in [1.54, 1.807) is 7.11 Å². The van der Waals surface area contributed by atoms with Gasteiger partial charge < -0.3 is 9.84 Å². The zero-order valence-electron chi connectivity index (χ0n) is 10.4. The highest BCUT2D eigenvalue weighted by Gasteiger charge is 2.20. The molecule has 2 aromatic rings. The van der Waals surface area contributed by atoms with Crippen LogP contribution in [-0.4, -0.2) is 28.6 Å². The molecule has 3 rings (SSSR count). The Labute approximate surface area is 106 Å². The summed E-state index contributed by atoms with van der Waals surface area (Å²) in [6, 6.07) is 6.13. The molecule has 0 bridgehead atoms. The van der Waals surface area contributed by atoms with Crippen LogP contribution in [-0.2, 0) is 19.4 Å². The minimum absolute atomic E-state index is 0.121. The molecule has 0 atom stereocenters. The second kappa shape index (κ2) is 4.46. The highest BCUT2D eigenvalue weighted by Crippen LogP contribution is 2.34. The number of hydrogen-bond donors (Lipinski definition) is 1. The van der Waals surface area contributed by atoms with Crippen LogP contribution in [0, 0.1) is 0 Å². The summed E-state index contributed by atoms with van der Waals surface area (Å²) in [5, 5.41) is 13.5. The smallest absolute Gasteiger partial charge is 0.119 e. The summed E-state index contributed by atoms with van der Waals surface area (Å²) < 4.78 is 7.08. The van der Waals surface area contributed by atoms with Crippen molar-refractivity contribution >= 4 is 0 Å². The maximum atomic E-state index is 8.97. The van der Waals surface area contributed by atoms with E-state index in [1.165, 1.54) is 16.7 Å². The van der Waals surface area contributed by atoms with Crippen molar-refractivity contribution in [2.24, 2.45) is 0 Å². The van der Waals surface area contributed by atoms with Gasteiger partial charge in [-0.2, -0.15) is 5.10 Å². The molecule has 0 saturated carbocycles. The van der Waals surface area contributed by atoms with Gasteiger partial charge in [0, 0.05) is 11.8 Å². The van der Waals surface area contributed by atoms with Crippen LogP contribution in [0.3, 0.4) is 0 Å². The van der Waals surface area contributed by atoms with Crippen molar-refractivity contribution in [1.82, 2.24) is 9.78 Å². The summed E-state index contributed by atoms with van der Waals surface area (Å²) in [4.78, 5) is 0. The normalized spacial score (nSPS) is 13.0. The molecule has 0 aliphatic heterocycles. The largest absolute Gasteiger partial charge is 0.497 e. The lowest BCUT2D eigenvalue weighted by atomic mass is 9.90. The zero-order valence-corrected chi connectivity index (χ0v) is 10.4. The summed E-state index contributed by atoms with van der Waals surface area (Å²) in [5.74, 6) is 0.895. The fraction of sp³-hybridized carbons (Fsp3) is 0.357. The van der Waals surface area contributed by atoms with Gasteiger partial charge in [0.05, 0.1) is 26.0 Å². The predicted molar refractivity (Wildman–Crippen MR) is 68.7 cm³/mol. The first-order valence-electron chi connectivity index (χ1n) is 6.16. The Morgan fingerprint density at radius 1 is 1.33 bits per heavy atom. The van der Waals surface area contributed by atoms with Crippen LogP contribution in [0.1, 0.15) is 11.1 Å². The average molecular weight is 244 g/mol. The van der Waals surface area contributed by atoms with Crippen molar-refractivity contribution < 1.29 is 9.84 Å². The third kappa shape index (κ3) is 1.78. The van der Waals surface area contributed by atoms with Crippen LogP contribution in [0.2, 0.25) is 0 Å². The van der Waals surface area contributed by atoms with Crippen LogP contribution < -0.4 is 4.74 Å². The minimum Gasteiger partial charge on any atom is -0.497 e. The van der Waals surface area contributed by atoms with Crippen LogP contribution in [0.25, 0.3) is 11.3 Å². The summed E-state index contributed by atoms with van der Waals surface area (Å²) in [6.45, 7) is 0.675. The molecule has 0 fully saturated rings. The quantitative estimate of drug-likeness (QED) is 0.893. The molecule has 94 valence electrons. The molecule has 1 heterocycles. The van der Waals surface area contributed by atoms with E-state index in [1.807, 2.05) is 16.9 Å². The zero-order chi connectivity index (χ0) is 12.5. The first-order valence-corrected chi connectivity index (χ1v) is 6.16. The number of aliphatic hydroxyl groups is 1. The molecule has 1 aromatic heterocycles. The monoisotopic (exact) mass is 244 g/mol. The minimum atomic E-state index is 0.121. The fourth-order valence-electron chi connectivity index (χ4n) is 2.49. The van der Waals surface area contributed by atoms with Gasteiger partial charge in [-0.3, -0.25) is 4.68 Å². The Hall–Kier alpha value is -1.81. The van der Waals surface area contributed by atoms with Crippen LogP contribution in [0.5, 0.6) is 5.75 Å². The van der Waals surface area contributed by atoms with Crippen molar-refractivity contribution in [3.63, 3.8) is 0 Å². The number of methoxy groups -OCH3 is 1. The Balaban J connectivity index is 2.05. The number of hydrogen-bond acceptors (Lipinski definition) is 3. The molecule has 4 heteroatoms. The van der Waals surface area contributed by atoms with E-state index in [0.717, 1.165) is 24.3 Å². The number of aliphatic hydroxyl groups excluding tert-OH is 1. The molecule has 0 radical (unpaired) electrons. The lowest BCUT2D eigenvalue weighted by molar-refractivity contribution is 0.269. The number of ether oxygens (including phenoxy) is 1. The molecular formula is C14H16N2O2. The van der Waals surface area contributed by atoms with E-state index in [4.69, 9.17) is 9.84 Å². The van der Waals surface area contributed by atoms with Gasteiger partial charge in [-0.15, -0.1) is 0 Å². The number of benzene rings is 1. The molecule has 0 amide bonds. The average Bonchev–Trinajstić information content (AvgIpc) is 2.81. The maximum absolute atomic E-state index is 8.97. The van der Waals surface area contributed by atoms with Gasteiger partial charge in [-0.05, 0) is 42.2 Å². The highest BCUT2D eigenvalue weighted by molar-refractivity contribution is 5.70. The third-order valence-corrected chi connectivity index (χ3v) is 3.40. The fourth-order valence-corrected chi connectivity index (χ4v) is 2.49. The Morgan fingerprint density at radius 2 is 2.17 bits per heavy atom. The van der Waals surface area contributed by atoms with E-state index in [0.29, 0.717) is 6.54 Å². The third-order valence-electron chi connectivity index (χ3n) is 3.40. The summed E-state index contributed by atoms with van der Waals surface area (Å²) >= 11 is 0. The maximum Gasteiger partial charge on any atom is 0.119 e. The lowest BCUT2D eigenvalue weighted by Crippen LogP contribution is -2.03. The SMILES string of the molecule is COc1ccc2c(c1)CCc1cn(CCO)nc1-2. The molecule has 0 saturated heterocycles. The standard InChI is InChI=1S/C14H16N2O2/c1-18-12-4-5-13-10(8-12)2-3-11-9-16(6-7-17)15-14(11)13/h4-5,8-9,17H,2-3,6-7H2,1H3. The number of nitrogens with zero attached hydrogens (tertiary/aromatic N) is 2. The van der Waals surface area contributed by atoms with E-state index in [2.05, 4.69) is 17.2 Å². The summed E-state index contributed by atoms with van der Waals surface area (Å²) in [7, 11) is 1.69. The van der Waals surface area contributed by atoms with E-state index in [-0.39, 0.29) is 6.61 Å². The number of aryl methyl sites for hydroxylation is 2. The van der Waals surface area contributed by atoms with Crippen molar-refractivity contribution in [2.75, 3.05) is 13.7 Å². The Morgan fingerprint density at radius 3 is 2.94 bits per heavy atom. The predicted octanol–water partition coefficient (Wildman–Crippen LogP) is 1.65. The van der Waals surface area contributed by atoms with Gasteiger partial charge in [0.1, 0.15) is 5.75 Å². The van der Waals surface area contributed by atoms with Crippen LogP contribution >= 0.6 is 0 Å². The summed E-state index contributed by atoms with van der Waals surface area (Å²) in [5.41, 5.74) is 4.79. The number of aromatic nitrogens is 2. The number of fused-ring (bicyclic) bond motifs is 3. The molecule has 1 N–H and O–H groups in total. The van der Waals surface area contributed by atoms with Crippen LogP contribution in [0.4, 0.5) is 0 Å². The topological polar surface area (TPSA) is 47.3 Å². The first kappa shape index (κ1) is 11.3. The van der Waals surface area contributed by atoms with Gasteiger partial charge in [0.2, 0.25) is 0 Å². The molecule has 4 nitrogen and oxygen atoms in total. The van der Waals surface area contributed by atoms with Crippen molar-refractivity contribution in [3.05, 3.63) is 35.5 Å². The van der Waals surface area contributed by atoms with Gasteiger partial charge in [-0.1, -0.05) is 0 Å².